The van der Waals surface area contributed by atoms with E-state index in [1.165, 1.54) is 13.2 Å². The molecule has 0 radical (unpaired) electrons. The number of anilines is 1. The van der Waals surface area contributed by atoms with Crippen molar-refractivity contribution in [1.82, 2.24) is 5.32 Å². The Kier molecular flexibility index (Phi) is 11.2. The molecule has 0 aliphatic carbocycles. The first-order valence-corrected chi connectivity index (χ1v) is 16.4. The first kappa shape index (κ1) is 34.2. The third-order valence-corrected chi connectivity index (χ3v) is 8.94. The van der Waals surface area contributed by atoms with Crippen LogP contribution in [0.2, 0.25) is 0 Å². The topological polar surface area (TPSA) is 151 Å². The molecule has 2 heterocycles. The number of benzene rings is 3. The summed E-state index contributed by atoms with van der Waals surface area (Å²) < 4.78 is 11.0. The maximum atomic E-state index is 13.7. The molecule has 48 heavy (non-hydrogen) atoms. The molecule has 10 heteroatoms. The maximum absolute atomic E-state index is 13.7. The van der Waals surface area contributed by atoms with E-state index in [0.717, 1.165) is 5.56 Å². The van der Waals surface area contributed by atoms with Gasteiger partial charge in [0.2, 0.25) is 11.8 Å². The summed E-state index contributed by atoms with van der Waals surface area (Å²) in [5.41, 5.74) is 2.36. The number of Topliss-reactive ketones (excluding diaryl/α,β-unsaturated/α-hetero) is 1. The first-order chi connectivity index (χ1) is 23.1. The monoisotopic (exact) mass is 654 g/mol. The number of fused-ring (bicyclic) bond motifs is 2. The van der Waals surface area contributed by atoms with E-state index in [1.54, 1.807) is 43.3 Å². The molecular weight excluding hydrogens is 612 g/mol. The first-order valence-electron chi connectivity index (χ1n) is 16.4. The van der Waals surface area contributed by atoms with Gasteiger partial charge in [0.15, 0.2) is 0 Å². The Labute approximate surface area is 280 Å². The van der Waals surface area contributed by atoms with Gasteiger partial charge in [-0.2, -0.15) is 0 Å². The van der Waals surface area contributed by atoms with Gasteiger partial charge in [-0.3, -0.25) is 14.4 Å². The van der Waals surface area contributed by atoms with Crippen molar-refractivity contribution in [3.05, 3.63) is 88.5 Å². The SMILES string of the molecule is COc1ccc(C(CC(=O)NC2CCc3ccccc3NC2=O)c2c(O)cc3c(c2O)C(=O)OC(C)CCCC(=O)CCCC=C3)cc1. The Bertz CT molecular complexity index is 1700. The van der Waals surface area contributed by atoms with Crippen LogP contribution in [0.3, 0.4) is 0 Å². The van der Waals surface area contributed by atoms with Gasteiger partial charge >= 0.3 is 5.97 Å². The van der Waals surface area contributed by atoms with Crippen molar-refractivity contribution in [3.8, 4) is 17.2 Å². The Morgan fingerprint density at radius 1 is 1.02 bits per heavy atom. The van der Waals surface area contributed by atoms with Gasteiger partial charge in [0.05, 0.1) is 13.2 Å². The molecule has 4 N–H and O–H groups in total. The van der Waals surface area contributed by atoms with Crippen LogP contribution in [0.25, 0.3) is 6.08 Å². The number of carbonyl (C=O) groups excluding carboxylic acids is 4. The average molecular weight is 655 g/mol. The van der Waals surface area contributed by atoms with Crippen molar-refractivity contribution in [2.45, 2.75) is 82.8 Å². The summed E-state index contributed by atoms with van der Waals surface area (Å²) in [7, 11) is 1.53. The number of amides is 2. The van der Waals surface area contributed by atoms with E-state index >= 15 is 0 Å². The molecule has 0 aromatic heterocycles. The molecule has 5 rings (SSSR count). The Balaban J connectivity index is 1.50. The Morgan fingerprint density at radius 2 is 1.77 bits per heavy atom. The smallest absolute Gasteiger partial charge is 0.342 e. The fourth-order valence-electron chi connectivity index (χ4n) is 6.33. The molecule has 3 unspecified atom stereocenters. The summed E-state index contributed by atoms with van der Waals surface area (Å²) in [6.45, 7) is 1.73. The van der Waals surface area contributed by atoms with E-state index in [2.05, 4.69) is 10.6 Å². The molecule has 3 aromatic rings. The van der Waals surface area contributed by atoms with E-state index < -0.39 is 35.7 Å². The lowest BCUT2D eigenvalue weighted by atomic mass is 9.84. The molecule has 3 atom stereocenters. The van der Waals surface area contributed by atoms with E-state index in [0.29, 0.717) is 68.4 Å². The van der Waals surface area contributed by atoms with Crippen molar-refractivity contribution in [2.75, 3.05) is 12.4 Å². The lowest BCUT2D eigenvalue weighted by Crippen LogP contribution is -2.43. The van der Waals surface area contributed by atoms with Crippen molar-refractivity contribution in [3.63, 3.8) is 0 Å². The third kappa shape index (κ3) is 8.23. The number of aryl methyl sites for hydroxylation is 1. The molecule has 252 valence electrons. The molecule has 3 aromatic carbocycles. The van der Waals surface area contributed by atoms with Crippen LogP contribution in [0.4, 0.5) is 5.69 Å². The van der Waals surface area contributed by atoms with E-state index in [9.17, 15) is 29.4 Å². The largest absolute Gasteiger partial charge is 0.507 e. The summed E-state index contributed by atoms with van der Waals surface area (Å²) in [6, 6.07) is 14.9. The number of aromatic hydroxyl groups is 2. The molecular formula is C38H42N2O8. The van der Waals surface area contributed by atoms with E-state index in [-0.39, 0.29) is 40.6 Å². The van der Waals surface area contributed by atoms with Gasteiger partial charge in [-0.05, 0) is 86.4 Å². The van der Waals surface area contributed by atoms with Crippen molar-refractivity contribution >= 4 is 35.3 Å². The van der Waals surface area contributed by atoms with Crippen LogP contribution in [0, 0.1) is 0 Å². The minimum Gasteiger partial charge on any atom is -0.507 e. The molecule has 10 nitrogen and oxygen atoms in total. The Morgan fingerprint density at radius 3 is 2.54 bits per heavy atom. The second-order valence-electron chi connectivity index (χ2n) is 12.4. The van der Waals surface area contributed by atoms with Crippen LogP contribution in [0.5, 0.6) is 17.2 Å². The van der Waals surface area contributed by atoms with E-state index in [4.69, 9.17) is 9.47 Å². The number of ether oxygens (including phenoxy) is 2. The summed E-state index contributed by atoms with van der Waals surface area (Å²) in [4.78, 5) is 52.5. The molecule has 0 saturated carbocycles. The lowest BCUT2D eigenvalue weighted by molar-refractivity contribution is -0.126. The number of hydrogen-bond acceptors (Lipinski definition) is 8. The second-order valence-corrected chi connectivity index (χ2v) is 12.4. The predicted molar refractivity (Wildman–Crippen MR) is 181 cm³/mol. The number of hydrogen-bond donors (Lipinski definition) is 4. The zero-order valence-corrected chi connectivity index (χ0v) is 27.3. The van der Waals surface area contributed by atoms with Crippen LogP contribution in [-0.2, 0) is 25.5 Å². The number of carbonyl (C=O) groups is 4. The fraction of sp³-hybridized carbons (Fsp3) is 0.368. The normalized spacial score (nSPS) is 19.4. The number of methoxy groups -OCH3 is 1. The quantitative estimate of drug-likeness (QED) is 0.230. The number of esters is 1. The van der Waals surface area contributed by atoms with Crippen LogP contribution in [0.1, 0.15) is 96.8 Å². The van der Waals surface area contributed by atoms with Gasteiger partial charge < -0.3 is 30.3 Å². The predicted octanol–water partition coefficient (Wildman–Crippen LogP) is 6.18. The number of para-hydroxylation sites is 1. The number of allylic oxidation sites excluding steroid dienone is 1. The third-order valence-electron chi connectivity index (χ3n) is 8.94. The number of phenols is 2. The maximum Gasteiger partial charge on any atom is 0.342 e. The van der Waals surface area contributed by atoms with Crippen molar-refractivity contribution in [2.24, 2.45) is 0 Å². The highest BCUT2D eigenvalue weighted by Gasteiger charge is 2.32. The lowest BCUT2D eigenvalue weighted by Gasteiger charge is -2.24. The van der Waals surface area contributed by atoms with Crippen LogP contribution in [0.15, 0.2) is 60.7 Å². The molecule has 0 spiro atoms. The highest BCUT2D eigenvalue weighted by atomic mass is 16.5. The van der Waals surface area contributed by atoms with Gasteiger partial charge in [0, 0.05) is 36.4 Å². The second kappa shape index (κ2) is 15.6. The standard InChI is InChI=1S/C38H42N2O8/c1-23-9-8-13-27(41)12-5-3-4-11-26-21-32(42)35(36(44)34(26)38(46)48-23)29(24-15-18-28(47-2)19-16-24)22-33(43)39-31-20-17-25-10-6-7-14-30(25)40-37(31)45/h4,6-7,10-11,14-16,18-19,21,23,29,31,42,44H,3,5,8-9,12-13,17,20,22H2,1-2H3,(H,39,43)(H,40,45). The van der Waals surface area contributed by atoms with Gasteiger partial charge in [-0.15, -0.1) is 0 Å². The number of ketones is 1. The Hall–Kier alpha value is -5.12. The molecule has 0 saturated heterocycles. The summed E-state index contributed by atoms with van der Waals surface area (Å²) in [5.74, 6) is -2.59. The van der Waals surface area contributed by atoms with Gasteiger partial charge in [0.25, 0.3) is 0 Å². The minimum absolute atomic E-state index is 0.0171. The number of cyclic esters (lactones) is 1. The molecule has 0 bridgehead atoms. The zero-order valence-electron chi connectivity index (χ0n) is 27.3. The van der Waals surface area contributed by atoms with Crippen molar-refractivity contribution < 1.29 is 38.9 Å². The van der Waals surface area contributed by atoms with Crippen molar-refractivity contribution in [1.29, 1.82) is 0 Å². The summed E-state index contributed by atoms with van der Waals surface area (Å²) in [5, 5.41) is 29.0. The number of nitrogens with one attached hydrogen (secondary N) is 2. The average Bonchev–Trinajstić information content (AvgIpc) is 3.21. The van der Waals surface area contributed by atoms with Crippen LogP contribution < -0.4 is 15.4 Å². The summed E-state index contributed by atoms with van der Waals surface area (Å²) in [6.07, 6.45) is 6.71. The number of phenolic OH excluding ortho intramolecular Hbond substituents is 2. The van der Waals surface area contributed by atoms with E-state index in [1.807, 2.05) is 24.3 Å². The van der Waals surface area contributed by atoms with Crippen LogP contribution >= 0.6 is 0 Å². The highest BCUT2D eigenvalue weighted by molar-refractivity contribution is 5.99. The molecule has 2 aliphatic rings. The number of rotatable bonds is 6. The summed E-state index contributed by atoms with van der Waals surface area (Å²) >= 11 is 0. The van der Waals surface area contributed by atoms with Gasteiger partial charge in [-0.25, -0.2) is 4.79 Å². The van der Waals surface area contributed by atoms with Gasteiger partial charge in [0.1, 0.15) is 34.6 Å². The van der Waals surface area contributed by atoms with Crippen LogP contribution in [-0.4, -0.2) is 53.0 Å². The zero-order chi connectivity index (χ0) is 34.2. The molecule has 0 fully saturated rings. The molecule has 2 amide bonds. The fourth-order valence-corrected chi connectivity index (χ4v) is 6.33. The minimum atomic E-state index is -0.916. The van der Waals surface area contributed by atoms with Gasteiger partial charge in [-0.1, -0.05) is 42.5 Å². The molecule has 2 aliphatic heterocycles. The highest BCUT2D eigenvalue weighted by Crippen LogP contribution is 2.44.